The van der Waals surface area contributed by atoms with Gasteiger partial charge in [-0.3, -0.25) is 14.5 Å². The standard InChI is InChI=1S/C27H31F3N6O3/c28-27(29,30)26-32-23(35-13-11-34(12-14-35)18-25(38)39)15-24(33-26)36-10-2-4-21(17-36)22(37)5-1-3-19-6-8-20(16-31)9-7-19/h6-9,15,21H,1-5,10-14,17-18H2,(H,38,39)/t21-/m1/s1. The number of ketones is 1. The summed E-state index contributed by atoms with van der Waals surface area (Å²) in [6, 6.07) is 10.9. The van der Waals surface area contributed by atoms with E-state index < -0.39 is 18.0 Å². The first-order valence-corrected chi connectivity index (χ1v) is 13.0. The number of alkyl halides is 3. The Hall–Kier alpha value is -3.72. The molecule has 1 aromatic carbocycles. The highest BCUT2D eigenvalue weighted by molar-refractivity contribution is 5.81. The lowest BCUT2D eigenvalue weighted by atomic mass is 9.90. The first-order valence-electron chi connectivity index (χ1n) is 13.0. The van der Waals surface area contributed by atoms with Crippen molar-refractivity contribution in [2.45, 2.75) is 38.3 Å². The van der Waals surface area contributed by atoms with Crippen LogP contribution in [0.1, 0.15) is 42.6 Å². The predicted octanol–water partition coefficient (Wildman–Crippen LogP) is 3.38. The van der Waals surface area contributed by atoms with E-state index in [0.717, 1.165) is 5.56 Å². The monoisotopic (exact) mass is 544 g/mol. The maximum atomic E-state index is 13.7. The van der Waals surface area contributed by atoms with Crippen LogP contribution in [0.25, 0.3) is 0 Å². The van der Waals surface area contributed by atoms with E-state index in [4.69, 9.17) is 10.4 Å². The number of aryl methyl sites for hydroxylation is 1. The molecule has 2 aliphatic heterocycles. The van der Waals surface area contributed by atoms with E-state index in [9.17, 15) is 22.8 Å². The number of halogens is 3. The van der Waals surface area contributed by atoms with Crippen LogP contribution in [0.4, 0.5) is 24.8 Å². The predicted molar refractivity (Wildman–Crippen MR) is 137 cm³/mol. The number of carboxylic acid groups (broad SMARTS) is 1. The second kappa shape index (κ2) is 12.4. The zero-order valence-corrected chi connectivity index (χ0v) is 21.5. The van der Waals surface area contributed by atoms with Crippen LogP contribution in [0.2, 0.25) is 0 Å². The largest absolute Gasteiger partial charge is 0.480 e. The SMILES string of the molecule is N#Cc1ccc(CCCC(=O)[C@@H]2CCCN(c3cc(N4CCN(CC(=O)O)CC4)nc(C(F)(F)F)n3)C2)cc1. The van der Waals surface area contributed by atoms with E-state index in [1.54, 1.807) is 32.9 Å². The number of Topliss-reactive ketones (excluding diaryl/α,β-unsaturated/α-hetero) is 1. The number of hydrogen-bond donors (Lipinski definition) is 1. The number of carboxylic acids is 1. The Labute approximate surface area is 224 Å². The number of benzene rings is 1. The third-order valence-corrected chi connectivity index (χ3v) is 7.18. The molecule has 2 aliphatic rings. The lowest BCUT2D eigenvalue weighted by molar-refractivity contribution is -0.145. The van der Waals surface area contributed by atoms with Gasteiger partial charge in [-0.15, -0.1) is 0 Å². The third kappa shape index (κ3) is 7.66. The van der Waals surface area contributed by atoms with Crippen molar-refractivity contribution >= 4 is 23.4 Å². The molecule has 0 spiro atoms. The van der Waals surface area contributed by atoms with Crippen LogP contribution in [0.15, 0.2) is 30.3 Å². The molecule has 1 aromatic heterocycles. The van der Waals surface area contributed by atoms with E-state index in [2.05, 4.69) is 16.0 Å². The summed E-state index contributed by atoms with van der Waals surface area (Å²) in [5.74, 6) is -2.07. The zero-order valence-electron chi connectivity index (χ0n) is 21.5. The fourth-order valence-corrected chi connectivity index (χ4v) is 5.06. The van der Waals surface area contributed by atoms with Crippen molar-refractivity contribution in [1.82, 2.24) is 14.9 Å². The van der Waals surface area contributed by atoms with Gasteiger partial charge in [0.05, 0.1) is 18.2 Å². The van der Waals surface area contributed by atoms with Gasteiger partial charge in [0.1, 0.15) is 17.4 Å². The molecule has 2 fully saturated rings. The number of piperazine rings is 1. The van der Waals surface area contributed by atoms with Crippen LogP contribution in [0, 0.1) is 17.2 Å². The fraction of sp³-hybridized carbons (Fsp3) is 0.519. The minimum absolute atomic E-state index is 0.0909. The number of carbonyl (C=O) groups is 2. The van der Waals surface area contributed by atoms with Crippen LogP contribution >= 0.6 is 0 Å². The summed E-state index contributed by atoms with van der Waals surface area (Å²) >= 11 is 0. The fourth-order valence-electron chi connectivity index (χ4n) is 5.06. The van der Waals surface area contributed by atoms with Gasteiger partial charge < -0.3 is 14.9 Å². The quantitative estimate of drug-likeness (QED) is 0.508. The number of carbonyl (C=O) groups excluding carboxylic acids is 1. The summed E-state index contributed by atoms with van der Waals surface area (Å²) in [4.78, 5) is 36.8. The Balaban J connectivity index is 1.41. The molecule has 4 rings (SSSR count). The van der Waals surface area contributed by atoms with Gasteiger partial charge in [-0.1, -0.05) is 12.1 Å². The maximum absolute atomic E-state index is 13.7. The molecule has 0 radical (unpaired) electrons. The van der Waals surface area contributed by atoms with Gasteiger partial charge in [0.25, 0.3) is 0 Å². The number of nitriles is 1. The van der Waals surface area contributed by atoms with E-state index in [0.29, 0.717) is 76.9 Å². The summed E-state index contributed by atoms with van der Waals surface area (Å²) in [5.41, 5.74) is 1.63. The number of hydrogen-bond acceptors (Lipinski definition) is 8. The highest BCUT2D eigenvalue weighted by Gasteiger charge is 2.37. The molecule has 0 bridgehead atoms. The molecule has 0 unspecified atom stereocenters. The van der Waals surface area contributed by atoms with Crippen molar-refractivity contribution in [1.29, 1.82) is 5.26 Å². The minimum atomic E-state index is -4.73. The molecule has 2 aromatic rings. The van der Waals surface area contributed by atoms with Crippen LogP contribution in [-0.2, 0) is 22.2 Å². The van der Waals surface area contributed by atoms with Crippen molar-refractivity contribution in [3.05, 3.63) is 47.3 Å². The molecule has 1 atom stereocenters. The van der Waals surface area contributed by atoms with Gasteiger partial charge in [-0.05, 0) is 43.4 Å². The topological polar surface area (TPSA) is 114 Å². The second-order valence-corrected chi connectivity index (χ2v) is 9.98. The average Bonchev–Trinajstić information content (AvgIpc) is 2.93. The summed E-state index contributed by atoms with van der Waals surface area (Å²) in [6.07, 6.45) is -1.64. The number of nitrogens with zero attached hydrogens (tertiary/aromatic N) is 6. The van der Waals surface area contributed by atoms with Crippen molar-refractivity contribution in [2.75, 3.05) is 55.6 Å². The van der Waals surface area contributed by atoms with Crippen LogP contribution < -0.4 is 9.80 Å². The van der Waals surface area contributed by atoms with Gasteiger partial charge in [0, 0.05) is 57.7 Å². The summed E-state index contributed by atoms with van der Waals surface area (Å²) in [7, 11) is 0. The van der Waals surface area contributed by atoms with Crippen molar-refractivity contribution in [3.8, 4) is 6.07 Å². The molecule has 0 aliphatic carbocycles. The number of rotatable bonds is 9. The maximum Gasteiger partial charge on any atom is 0.451 e. The number of piperidine rings is 1. The first kappa shape index (κ1) is 28.3. The highest BCUT2D eigenvalue weighted by Crippen LogP contribution is 2.32. The molecule has 208 valence electrons. The molecule has 3 heterocycles. The molecule has 0 saturated carbocycles. The summed E-state index contributed by atoms with van der Waals surface area (Å²) in [5, 5.41) is 17.9. The lowest BCUT2D eigenvalue weighted by Gasteiger charge is -2.36. The molecule has 0 amide bonds. The molecule has 9 nitrogen and oxygen atoms in total. The van der Waals surface area contributed by atoms with Crippen LogP contribution in [0.3, 0.4) is 0 Å². The normalized spacial score (nSPS) is 18.6. The summed E-state index contributed by atoms with van der Waals surface area (Å²) < 4.78 is 41.1. The van der Waals surface area contributed by atoms with Crippen molar-refractivity contribution < 1.29 is 27.9 Å². The van der Waals surface area contributed by atoms with Crippen LogP contribution in [-0.4, -0.2) is 77.5 Å². The third-order valence-electron chi connectivity index (χ3n) is 7.18. The smallest absolute Gasteiger partial charge is 0.451 e. The number of aromatic nitrogens is 2. The molecular formula is C27H31F3N6O3. The molecule has 12 heteroatoms. The van der Waals surface area contributed by atoms with Crippen molar-refractivity contribution in [3.63, 3.8) is 0 Å². The Morgan fingerprint density at radius 3 is 2.31 bits per heavy atom. The second-order valence-electron chi connectivity index (χ2n) is 9.98. The molecule has 39 heavy (non-hydrogen) atoms. The van der Waals surface area contributed by atoms with Crippen LogP contribution in [0.5, 0.6) is 0 Å². The summed E-state index contributed by atoms with van der Waals surface area (Å²) in [6.45, 7) is 2.17. The van der Waals surface area contributed by atoms with E-state index in [1.165, 1.54) is 0 Å². The van der Waals surface area contributed by atoms with Gasteiger partial charge in [-0.2, -0.15) is 18.4 Å². The Kier molecular flexibility index (Phi) is 9.01. The van der Waals surface area contributed by atoms with Gasteiger partial charge in [0.15, 0.2) is 0 Å². The lowest BCUT2D eigenvalue weighted by Crippen LogP contribution is -2.48. The average molecular weight is 545 g/mol. The van der Waals surface area contributed by atoms with Gasteiger partial charge in [-0.25, -0.2) is 9.97 Å². The Morgan fingerprint density at radius 2 is 1.69 bits per heavy atom. The van der Waals surface area contributed by atoms with E-state index >= 15 is 0 Å². The van der Waals surface area contributed by atoms with Gasteiger partial charge >= 0.3 is 12.1 Å². The van der Waals surface area contributed by atoms with E-state index in [1.807, 2.05) is 12.1 Å². The highest BCUT2D eigenvalue weighted by atomic mass is 19.4. The Morgan fingerprint density at radius 1 is 1.03 bits per heavy atom. The Bertz CT molecular complexity index is 1210. The zero-order chi connectivity index (χ0) is 28.0. The van der Waals surface area contributed by atoms with E-state index in [-0.39, 0.29) is 29.9 Å². The minimum Gasteiger partial charge on any atom is -0.480 e. The number of aliphatic carboxylic acids is 1. The first-order chi connectivity index (χ1) is 18.6. The van der Waals surface area contributed by atoms with Gasteiger partial charge in [0.2, 0.25) is 5.82 Å². The molecule has 1 N–H and O–H groups in total. The molecular weight excluding hydrogens is 513 g/mol. The van der Waals surface area contributed by atoms with Crippen molar-refractivity contribution in [2.24, 2.45) is 5.92 Å². The molecule has 2 saturated heterocycles. The number of anilines is 2.